The molecule has 0 unspecified atom stereocenters. The molecule has 1 N–H and O–H groups in total. The summed E-state index contributed by atoms with van der Waals surface area (Å²) in [5.41, 5.74) is 0.233. The van der Waals surface area contributed by atoms with Crippen molar-refractivity contribution in [2.75, 3.05) is 13.2 Å². The van der Waals surface area contributed by atoms with Crippen molar-refractivity contribution in [1.82, 2.24) is 9.88 Å². The lowest BCUT2D eigenvalue weighted by Gasteiger charge is -2.27. The Kier molecular flexibility index (Phi) is 4.25. The second-order valence-corrected chi connectivity index (χ2v) is 4.52. The van der Waals surface area contributed by atoms with Crippen LogP contribution in [-0.2, 0) is 0 Å². The van der Waals surface area contributed by atoms with Crippen LogP contribution in [0.1, 0.15) is 36.2 Å². The van der Waals surface area contributed by atoms with E-state index in [0.717, 1.165) is 31.9 Å². The van der Waals surface area contributed by atoms with E-state index in [9.17, 15) is 9.18 Å². The zero-order valence-electron chi connectivity index (χ0n) is 10.2. The summed E-state index contributed by atoms with van der Waals surface area (Å²) < 4.78 is 12.8. The molecule has 0 aliphatic heterocycles. The fourth-order valence-electron chi connectivity index (χ4n) is 2.42. The van der Waals surface area contributed by atoms with Gasteiger partial charge in [0.2, 0.25) is 0 Å². The third-order valence-corrected chi connectivity index (χ3v) is 3.31. The number of aliphatic hydroxyl groups excluding tert-OH is 1. The van der Waals surface area contributed by atoms with E-state index in [1.54, 1.807) is 4.90 Å². The molecule has 4 nitrogen and oxygen atoms in total. The largest absolute Gasteiger partial charge is 0.395 e. The van der Waals surface area contributed by atoms with E-state index in [1.165, 1.54) is 12.1 Å². The molecule has 0 radical (unpaired) electrons. The highest BCUT2D eigenvalue weighted by atomic mass is 19.1. The van der Waals surface area contributed by atoms with Gasteiger partial charge in [0.25, 0.3) is 5.91 Å². The lowest BCUT2D eigenvalue weighted by molar-refractivity contribution is 0.0632. The normalized spacial score (nSPS) is 15.9. The van der Waals surface area contributed by atoms with Gasteiger partial charge in [0.1, 0.15) is 11.5 Å². The summed E-state index contributed by atoms with van der Waals surface area (Å²) in [7, 11) is 0. The molecule has 1 heterocycles. The van der Waals surface area contributed by atoms with Crippen molar-refractivity contribution in [3.8, 4) is 0 Å². The minimum atomic E-state index is -0.457. The Bertz CT molecular complexity index is 402. The first-order valence-electron chi connectivity index (χ1n) is 6.26. The smallest absolute Gasteiger partial charge is 0.272 e. The van der Waals surface area contributed by atoms with E-state index in [0.29, 0.717) is 6.54 Å². The lowest BCUT2D eigenvalue weighted by atomic mass is 10.2. The highest BCUT2D eigenvalue weighted by molar-refractivity contribution is 5.92. The number of halogens is 1. The Balaban J connectivity index is 2.14. The first-order valence-corrected chi connectivity index (χ1v) is 6.26. The molecular formula is C13H17FN2O2. The molecule has 0 atom stereocenters. The fraction of sp³-hybridized carbons (Fsp3) is 0.538. The maximum atomic E-state index is 12.8. The number of nitrogens with zero attached hydrogens (tertiary/aromatic N) is 2. The molecule has 2 rings (SSSR count). The summed E-state index contributed by atoms with van der Waals surface area (Å²) in [6.45, 7) is 0.242. The van der Waals surface area contributed by atoms with Crippen LogP contribution in [0, 0.1) is 5.82 Å². The Morgan fingerprint density at radius 3 is 2.72 bits per heavy atom. The van der Waals surface area contributed by atoms with Gasteiger partial charge >= 0.3 is 0 Å². The van der Waals surface area contributed by atoms with Crippen LogP contribution in [0.4, 0.5) is 4.39 Å². The van der Waals surface area contributed by atoms with Gasteiger partial charge in [0.15, 0.2) is 0 Å². The molecule has 1 aliphatic carbocycles. The number of aliphatic hydroxyl groups is 1. The molecule has 1 saturated carbocycles. The molecule has 0 spiro atoms. The van der Waals surface area contributed by atoms with Crippen LogP contribution in [-0.4, -0.2) is 40.1 Å². The summed E-state index contributed by atoms with van der Waals surface area (Å²) in [4.78, 5) is 17.7. The molecule has 18 heavy (non-hydrogen) atoms. The minimum Gasteiger partial charge on any atom is -0.395 e. The fourth-order valence-corrected chi connectivity index (χ4v) is 2.42. The summed E-state index contributed by atoms with van der Waals surface area (Å²) in [6, 6.07) is 2.79. The Hall–Kier alpha value is -1.49. The number of carbonyl (C=O) groups excluding carboxylic acids is 1. The van der Waals surface area contributed by atoms with Crippen molar-refractivity contribution in [2.45, 2.75) is 31.7 Å². The summed E-state index contributed by atoms with van der Waals surface area (Å²) in [6.07, 6.45) is 5.19. The van der Waals surface area contributed by atoms with Gasteiger partial charge in [-0.15, -0.1) is 0 Å². The van der Waals surface area contributed by atoms with Gasteiger partial charge in [-0.05, 0) is 25.0 Å². The van der Waals surface area contributed by atoms with Crippen LogP contribution in [0.15, 0.2) is 18.3 Å². The molecular weight excluding hydrogens is 235 g/mol. The Morgan fingerprint density at radius 2 is 2.17 bits per heavy atom. The highest BCUT2D eigenvalue weighted by Crippen LogP contribution is 2.24. The number of pyridine rings is 1. The SMILES string of the molecule is O=C(c1ccc(F)cn1)N(CCO)C1CCCC1. The van der Waals surface area contributed by atoms with Crippen LogP contribution in [0.2, 0.25) is 0 Å². The van der Waals surface area contributed by atoms with Crippen molar-refractivity contribution >= 4 is 5.91 Å². The minimum absolute atomic E-state index is 0.0660. The number of hydrogen-bond donors (Lipinski definition) is 1. The number of carbonyl (C=O) groups is 1. The van der Waals surface area contributed by atoms with Crippen molar-refractivity contribution in [1.29, 1.82) is 0 Å². The first kappa shape index (κ1) is 13.0. The van der Waals surface area contributed by atoms with Gasteiger partial charge in [-0.1, -0.05) is 12.8 Å². The summed E-state index contributed by atoms with van der Waals surface area (Å²) in [5, 5.41) is 9.06. The molecule has 5 heteroatoms. The molecule has 1 aromatic rings. The van der Waals surface area contributed by atoms with Crippen molar-refractivity contribution in [3.63, 3.8) is 0 Å². The third kappa shape index (κ3) is 2.85. The number of aromatic nitrogens is 1. The van der Waals surface area contributed by atoms with E-state index < -0.39 is 5.82 Å². The molecule has 1 aromatic heterocycles. The van der Waals surface area contributed by atoms with E-state index in [-0.39, 0.29) is 24.2 Å². The summed E-state index contributed by atoms with van der Waals surface area (Å²) >= 11 is 0. The third-order valence-electron chi connectivity index (χ3n) is 3.31. The molecule has 0 aromatic carbocycles. The van der Waals surface area contributed by atoms with Crippen LogP contribution < -0.4 is 0 Å². The number of rotatable bonds is 4. The van der Waals surface area contributed by atoms with Crippen molar-refractivity contribution in [2.24, 2.45) is 0 Å². The molecule has 1 fully saturated rings. The monoisotopic (exact) mass is 252 g/mol. The predicted molar refractivity (Wildman–Crippen MR) is 64.6 cm³/mol. The maximum absolute atomic E-state index is 12.8. The van der Waals surface area contributed by atoms with Gasteiger partial charge in [-0.2, -0.15) is 0 Å². The van der Waals surface area contributed by atoms with Crippen LogP contribution >= 0.6 is 0 Å². The average molecular weight is 252 g/mol. The topological polar surface area (TPSA) is 53.4 Å². The second kappa shape index (κ2) is 5.91. The van der Waals surface area contributed by atoms with Crippen LogP contribution in [0.3, 0.4) is 0 Å². The second-order valence-electron chi connectivity index (χ2n) is 4.52. The summed E-state index contributed by atoms with van der Waals surface area (Å²) in [5.74, 6) is -0.683. The molecule has 0 bridgehead atoms. The molecule has 1 amide bonds. The zero-order valence-corrected chi connectivity index (χ0v) is 10.2. The lowest BCUT2D eigenvalue weighted by Crippen LogP contribution is -2.41. The van der Waals surface area contributed by atoms with Crippen molar-refractivity contribution in [3.05, 3.63) is 29.8 Å². The van der Waals surface area contributed by atoms with Gasteiger partial charge in [-0.3, -0.25) is 4.79 Å². The average Bonchev–Trinajstić information content (AvgIpc) is 2.90. The van der Waals surface area contributed by atoms with E-state index >= 15 is 0 Å². The standard InChI is InChI=1S/C13H17FN2O2/c14-10-5-6-12(15-9-10)13(18)16(7-8-17)11-3-1-2-4-11/h5-6,9,11,17H,1-4,7-8H2. The zero-order chi connectivity index (χ0) is 13.0. The van der Waals surface area contributed by atoms with E-state index in [1.807, 2.05) is 0 Å². The number of amides is 1. The molecule has 98 valence electrons. The van der Waals surface area contributed by atoms with Crippen LogP contribution in [0.5, 0.6) is 0 Å². The van der Waals surface area contributed by atoms with E-state index in [2.05, 4.69) is 4.98 Å². The molecule has 0 saturated heterocycles. The Labute approximate surface area is 105 Å². The molecule has 1 aliphatic rings. The number of hydrogen-bond acceptors (Lipinski definition) is 3. The maximum Gasteiger partial charge on any atom is 0.272 e. The highest BCUT2D eigenvalue weighted by Gasteiger charge is 2.27. The van der Waals surface area contributed by atoms with Crippen LogP contribution in [0.25, 0.3) is 0 Å². The van der Waals surface area contributed by atoms with Gasteiger partial charge in [-0.25, -0.2) is 9.37 Å². The van der Waals surface area contributed by atoms with Gasteiger partial charge in [0.05, 0.1) is 12.8 Å². The predicted octanol–water partition coefficient (Wildman–Crippen LogP) is 1.60. The van der Waals surface area contributed by atoms with Crippen molar-refractivity contribution < 1.29 is 14.3 Å². The quantitative estimate of drug-likeness (QED) is 0.885. The van der Waals surface area contributed by atoms with E-state index in [4.69, 9.17) is 5.11 Å². The first-order chi connectivity index (χ1) is 8.72. The van der Waals surface area contributed by atoms with Gasteiger partial charge in [0, 0.05) is 12.6 Å². The Morgan fingerprint density at radius 1 is 1.44 bits per heavy atom. The van der Waals surface area contributed by atoms with Gasteiger partial charge < -0.3 is 10.0 Å².